The molecule has 6 heterocycles. The van der Waals surface area contributed by atoms with Crippen LogP contribution in [0.2, 0.25) is 0 Å². The van der Waals surface area contributed by atoms with Crippen LogP contribution in [-0.4, -0.2) is 140 Å². The number of hydrogen-bond acceptors (Lipinski definition) is 15. The summed E-state index contributed by atoms with van der Waals surface area (Å²) in [6.07, 6.45) is 15.4. The Morgan fingerprint density at radius 1 is 0.515 bits per heavy atom. The van der Waals surface area contributed by atoms with Crippen molar-refractivity contribution in [2.45, 2.75) is 142 Å². The van der Waals surface area contributed by atoms with E-state index >= 15 is 0 Å². The number of methoxy groups -OCH3 is 2. The zero-order valence-corrected chi connectivity index (χ0v) is 57.6. The highest BCUT2D eigenvalue weighted by molar-refractivity contribution is 5.61. The molecule has 510 valence electrons. The number of halogens is 2. The van der Waals surface area contributed by atoms with Gasteiger partial charge in [-0.2, -0.15) is 0 Å². The number of phenols is 1. The number of ether oxygens (including phenoxy) is 2. The Morgan fingerprint density at radius 3 is 1.58 bits per heavy atom. The van der Waals surface area contributed by atoms with E-state index in [4.69, 9.17) is 24.4 Å². The molecule has 0 saturated carbocycles. The van der Waals surface area contributed by atoms with Crippen LogP contribution in [0.1, 0.15) is 111 Å². The Bertz CT molecular complexity index is 3890. The largest absolute Gasteiger partial charge is 0.504 e. The van der Waals surface area contributed by atoms with Crippen LogP contribution in [0.4, 0.5) is 8.78 Å². The molecule has 0 amide bonds. The van der Waals surface area contributed by atoms with Gasteiger partial charge in [0.25, 0.3) is 0 Å². The van der Waals surface area contributed by atoms with Gasteiger partial charge < -0.3 is 30.5 Å². The number of aromatic hydroxyl groups is 1. The van der Waals surface area contributed by atoms with Crippen LogP contribution in [0.25, 0.3) is 33.8 Å². The van der Waals surface area contributed by atoms with Crippen molar-refractivity contribution in [3.8, 4) is 51.0 Å². The topological polar surface area (TPSA) is 162 Å². The molecule has 4 N–H and O–H groups in total. The minimum atomic E-state index is -0.539. The number of phenolic OH excluding ortho intramolecular Hbond substituents is 1. The number of benzene rings is 6. The molecule has 3 aliphatic rings. The van der Waals surface area contributed by atoms with E-state index < -0.39 is 11.6 Å². The minimum Gasteiger partial charge on any atom is -0.504 e. The fourth-order valence-corrected chi connectivity index (χ4v) is 13.2. The molecule has 3 atom stereocenters. The van der Waals surface area contributed by atoms with E-state index in [2.05, 4.69) is 158 Å². The maximum absolute atomic E-state index is 13.4. The third kappa shape index (κ3) is 21.8. The van der Waals surface area contributed by atoms with Gasteiger partial charge in [-0.15, -0.1) is 0 Å². The van der Waals surface area contributed by atoms with E-state index in [1.165, 1.54) is 52.8 Å². The number of aromatic nitrogens is 6. The van der Waals surface area contributed by atoms with Crippen LogP contribution in [0.3, 0.4) is 0 Å². The Morgan fingerprint density at radius 2 is 1.03 bits per heavy atom. The Kier molecular flexibility index (Phi) is 27.1. The first kappa shape index (κ1) is 71.4. The molecule has 3 saturated heterocycles. The molecule has 0 spiro atoms. The predicted molar refractivity (Wildman–Crippen MR) is 385 cm³/mol. The number of piperidine rings is 1. The molecule has 0 bridgehead atoms. The number of rotatable bonds is 25. The summed E-state index contributed by atoms with van der Waals surface area (Å²) in [4.78, 5) is 35.5. The standard InChI is InChI=1S/C28H36N4O.C26H30F2N4.C26H32N4O2/c1-3-32(25-13-16-29-17-14-25)21-23-9-4-10-24(19-23)27-15-18-30-28(31-27)12-6-8-22-7-5-11-26(20-22)33-2;1-18-19(2)32(12-11-29-18)17-21-6-3-7-22(13-21)25-9-10-30-26(31-25)8-4-5-20-14-23(27)16-24(28)15-20;1-19-17-27-13-14-30(19)18-21-6-3-7-22(15-21)23-11-12-28-26(29-23)8-4-5-20-9-10-25(32-2)24(31)16-20/h4-5,7,9-11,15,18-20,25,29H,3,6,8,12-14,16-17,21H2,1-2H3;3,6-7,9-10,13-16,18-19,29H,4-5,8,11-12,17H2,1-2H3;3,6-7,9-12,15-16,19,27,31H,4-5,8,13-14,17-18H2,1-2H3/t;;19-/m..0/s1. The zero-order chi connectivity index (χ0) is 67.7. The van der Waals surface area contributed by atoms with Crippen molar-refractivity contribution in [2.24, 2.45) is 0 Å². The van der Waals surface area contributed by atoms with Crippen molar-refractivity contribution in [1.29, 1.82) is 0 Å². The van der Waals surface area contributed by atoms with E-state index in [9.17, 15) is 13.9 Å². The van der Waals surface area contributed by atoms with Crippen molar-refractivity contribution in [1.82, 2.24) is 60.6 Å². The molecule has 12 rings (SSSR count). The summed E-state index contributed by atoms with van der Waals surface area (Å²) in [5.74, 6) is 3.01. The lowest BCUT2D eigenvalue weighted by Gasteiger charge is -2.38. The lowest BCUT2D eigenvalue weighted by atomic mass is 10.0. The summed E-state index contributed by atoms with van der Waals surface area (Å²) in [6, 6.07) is 51.7. The predicted octanol–water partition coefficient (Wildman–Crippen LogP) is 13.5. The number of aryl methyl sites for hydroxylation is 6. The highest BCUT2D eigenvalue weighted by atomic mass is 19.1. The third-order valence-corrected chi connectivity index (χ3v) is 18.9. The van der Waals surface area contributed by atoms with Crippen molar-refractivity contribution in [3.63, 3.8) is 0 Å². The van der Waals surface area contributed by atoms with Crippen LogP contribution in [0, 0.1) is 11.6 Å². The SMILES string of the molecule is CC1NCCN(Cc2cccc(-c3ccnc(CCCc4cc(F)cc(F)c4)n3)c2)C1C.CCN(Cc1cccc(-c2ccnc(CCCc3cccc(OC)c3)n2)c1)C1CCNCC1.COc1ccc(CCCc2nccc(-c3cccc(CN4CCNC[C@@H]4C)c3)n2)cc1O. The summed E-state index contributed by atoms with van der Waals surface area (Å²) < 4.78 is 37.2. The Balaban J connectivity index is 0.000000158. The molecule has 97 heavy (non-hydrogen) atoms. The fourth-order valence-electron chi connectivity index (χ4n) is 13.2. The summed E-state index contributed by atoms with van der Waals surface area (Å²) in [5, 5.41) is 20.4. The summed E-state index contributed by atoms with van der Waals surface area (Å²) in [6.45, 7) is 20.5. The second-order valence-electron chi connectivity index (χ2n) is 25.9. The van der Waals surface area contributed by atoms with Gasteiger partial charge >= 0.3 is 0 Å². The van der Waals surface area contributed by atoms with Gasteiger partial charge in [-0.1, -0.05) is 79.7 Å². The molecule has 2 unspecified atom stereocenters. The van der Waals surface area contributed by atoms with Gasteiger partial charge in [0.1, 0.15) is 34.9 Å². The summed E-state index contributed by atoms with van der Waals surface area (Å²) >= 11 is 0. The van der Waals surface area contributed by atoms with Crippen LogP contribution in [0.15, 0.2) is 170 Å². The first-order chi connectivity index (χ1) is 47.3. The van der Waals surface area contributed by atoms with Crippen LogP contribution in [0.5, 0.6) is 17.2 Å². The van der Waals surface area contributed by atoms with Gasteiger partial charge in [0.15, 0.2) is 11.5 Å². The zero-order valence-electron chi connectivity index (χ0n) is 57.6. The molecule has 9 aromatic rings. The van der Waals surface area contributed by atoms with E-state index in [0.29, 0.717) is 48.3 Å². The molecule has 0 aliphatic carbocycles. The summed E-state index contributed by atoms with van der Waals surface area (Å²) in [5.41, 5.74) is 13.2. The van der Waals surface area contributed by atoms with Gasteiger partial charge in [0.2, 0.25) is 0 Å². The second kappa shape index (κ2) is 36.8. The van der Waals surface area contributed by atoms with Crippen molar-refractivity contribution in [3.05, 3.63) is 233 Å². The van der Waals surface area contributed by atoms with Crippen molar-refractivity contribution in [2.75, 3.05) is 66.6 Å². The molecule has 17 heteroatoms. The molecule has 0 radical (unpaired) electrons. The lowest BCUT2D eigenvalue weighted by Crippen LogP contribution is -2.54. The fraction of sp³-hybridized carbons (Fsp3) is 0.400. The van der Waals surface area contributed by atoms with Gasteiger partial charge in [-0.3, -0.25) is 14.7 Å². The van der Waals surface area contributed by atoms with Crippen LogP contribution < -0.4 is 25.4 Å². The van der Waals surface area contributed by atoms with E-state index in [-0.39, 0.29) is 5.75 Å². The van der Waals surface area contributed by atoms with Crippen LogP contribution >= 0.6 is 0 Å². The molecule has 3 aliphatic heterocycles. The first-order valence-corrected chi connectivity index (χ1v) is 34.9. The smallest absolute Gasteiger partial charge is 0.160 e. The molecular weight excluding hydrogens is 1210 g/mol. The number of piperazine rings is 2. The van der Waals surface area contributed by atoms with Crippen molar-refractivity contribution >= 4 is 0 Å². The average molecular weight is 1310 g/mol. The number of hydrogen-bond donors (Lipinski definition) is 4. The molecule has 15 nitrogen and oxygen atoms in total. The van der Waals surface area contributed by atoms with Gasteiger partial charge in [0, 0.05) is 137 Å². The van der Waals surface area contributed by atoms with Gasteiger partial charge in [0.05, 0.1) is 31.3 Å². The molecule has 3 aromatic heterocycles. The van der Waals surface area contributed by atoms with Crippen LogP contribution in [-0.2, 0) is 58.2 Å². The van der Waals surface area contributed by atoms with E-state index in [1.54, 1.807) is 32.5 Å². The lowest BCUT2D eigenvalue weighted by molar-refractivity contribution is 0.131. The number of nitrogens with one attached hydrogen (secondary N) is 3. The maximum atomic E-state index is 13.4. The first-order valence-electron chi connectivity index (χ1n) is 34.9. The third-order valence-electron chi connectivity index (χ3n) is 18.9. The monoisotopic (exact) mass is 1310 g/mol. The highest BCUT2D eigenvalue weighted by Crippen LogP contribution is 2.29. The molecule has 6 aromatic carbocycles. The average Bonchev–Trinajstić information content (AvgIpc) is 0.989. The van der Waals surface area contributed by atoms with E-state index in [0.717, 1.165) is 180 Å². The quantitative estimate of drug-likeness (QED) is 0.0427. The summed E-state index contributed by atoms with van der Waals surface area (Å²) in [7, 11) is 3.26. The second-order valence-corrected chi connectivity index (χ2v) is 25.9. The van der Waals surface area contributed by atoms with E-state index in [1.807, 2.05) is 48.8 Å². The normalized spacial score (nSPS) is 16.8. The maximum Gasteiger partial charge on any atom is 0.160 e. The number of nitrogens with zero attached hydrogens (tertiary/aromatic N) is 9. The van der Waals surface area contributed by atoms with Crippen molar-refractivity contribution < 1.29 is 23.4 Å². The van der Waals surface area contributed by atoms with Gasteiger partial charge in [-0.05, 0) is 198 Å². The molecular formula is C80H98F2N12O3. The minimum absolute atomic E-state index is 0.179. The van der Waals surface area contributed by atoms with Gasteiger partial charge in [-0.25, -0.2) is 38.7 Å². The Labute approximate surface area is 573 Å². The highest BCUT2D eigenvalue weighted by Gasteiger charge is 2.25. The Hall–Kier alpha value is -8.42. The molecule has 3 fully saturated rings.